The Bertz CT molecular complexity index is 740. The molecule has 0 aliphatic heterocycles. The van der Waals surface area contributed by atoms with E-state index in [1.807, 2.05) is 4.72 Å². The number of benzene rings is 2. The van der Waals surface area contributed by atoms with Gasteiger partial charge in [0.25, 0.3) is 10.0 Å². The Balaban J connectivity index is 2.43. The predicted molar refractivity (Wildman–Crippen MR) is 70.0 cm³/mol. The number of phenols is 1. The van der Waals surface area contributed by atoms with Gasteiger partial charge in [0.1, 0.15) is 22.3 Å². The van der Waals surface area contributed by atoms with Gasteiger partial charge in [0.2, 0.25) is 0 Å². The van der Waals surface area contributed by atoms with E-state index in [1.54, 1.807) is 6.92 Å². The summed E-state index contributed by atoms with van der Waals surface area (Å²) >= 11 is 0. The quantitative estimate of drug-likeness (QED) is 0.916. The van der Waals surface area contributed by atoms with Gasteiger partial charge in [-0.15, -0.1) is 0 Å². The molecule has 0 aromatic heterocycles. The molecule has 2 rings (SSSR count). The van der Waals surface area contributed by atoms with Gasteiger partial charge in [-0.05, 0) is 36.8 Å². The first-order valence-electron chi connectivity index (χ1n) is 5.56. The van der Waals surface area contributed by atoms with Gasteiger partial charge in [-0.2, -0.15) is 0 Å². The highest BCUT2D eigenvalue weighted by atomic mass is 32.2. The van der Waals surface area contributed by atoms with Gasteiger partial charge in [-0.1, -0.05) is 6.07 Å². The first-order valence-corrected chi connectivity index (χ1v) is 7.05. The normalized spacial score (nSPS) is 11.3. The Hall–Kier alpha value is -2.15. The highest BCUT2D eigenvalue weighted by Gasteiger charge is 2.19. The lowest BCUT2D eigenvalue weighted by Crippen LogP contribution is -2.13. The van der Waals surface area contributed by atoms with Crippen molar-refractivity contribution in [3.05, 3.63) is 53.6 Å². The van der Waals surface area contributed by atoms with E-state index in [0.717, 1.165) is 12.1 Å². The number of anilines is 1. The Morgan fingerprint density at radius 1 is 1.05 bits per heavy atom. The molecule has 2 aromatic rings. The molecule has 7 heteroatoms. The third-order valence-corrected chi connectivity index (χ3v) is 3.93. The summed E-state index contributed by atoms with van der Waals surface area (Å²) in [5.74, 6) is -2.26. The van der Waals surface area contributed by atoms with Gasteiger partial charge in [-0.25, -0.2) is 17.2 Å². The molecular formula is C13H11F2NO3S. The fourth-order valence-electron chi connectivity index (χ4n) is 1.66. The Kier molecular flexibility index (Phi) is 3.63. The summed E-state index contributed by atoms with van der Waals surface area (Å²) in [6.07, 6.45) is 0. The fourth-order valence-corrected chi connectivity index (χ4v) is 2.88. The van der Waals surface area contributed by atoms with Crippen molar-refractivity contribution in [2.45, 2.75) is 11.8 Å². The van der Waals surface area contributed by atoms with Gasteiger partial charge >= 0.3 is 0 Å². The number of halogens is 2. The summed E-state index contributed by atoms with van der Waals surface area (Å²) in [6.45, 7) is 1.65. The Labute approximate surface area is 114 Å². The van der Waals surface area contributed by atoms with Gasteiger partial charge in [0.15, 0.2) is 0 Å². The molecule has 20 heavy (non-hydrogen) atoms. The van der Waals surface area contributed by atoms with Crippen molar-refractivity contribution in [1.29, 1.82) is 0 Å². The number of nitrogens with one attached hydrogen (secondary N) is 1. The van der Waals surface area contributed by atoms with E-state index in [9.17, 15) is 22.3 Å². The molecule has 0 amide bonds. The van der Waals surface area contributed by atoms with E-state index >= 15 is 0 Å². The second-order valence-electron chi connectivity index (χ2n) is 4.23. The summed E-state index contributed by atoms with van der Waals surface area (Å²) in [6, 6.07) is 6.34. The minimum absolute atomic E-state index is 0.261. The molecule has 0 heterocycles. The summed E-state index contributed by atoms with van der Waals surface area (Å²) in [7, 11) is -4.13. The van der Waals surface area contributed by atoms with Crippen LogP contribution in [0.15, 0.2) is 41.3 Å². The van der Waals surface area contributed by atoms with E-state index < -0.39 is 27.4 Å². The second-order valence-corrected chi connectivity index (χ2v) is 5.89. The van der Waals surface area contributed by atoms with Gasteiger partial charge in [0, 0.05) is 6.07 Å². The van der Waals surface area contributed by atoms with Crippen LogP contribution >= 0.6 is 0 Å². The summed E-state index contributed by atoms with van der Waals surface area (Å²) < 4.78 is 52.2. The Morgan fingerprint density at radius 3 is 2.25 bits per heavy atom. The number of rotatable bonds is 3. The average molecular weight is 299 g/mol. The molecular weight excluding hydrogens is 288 g/mol. The number of phenolic OH excluding ortho intramolecular Hbond substituents is 1. The van der Waals surface area contributed by atoms with E-state index in [0.29, 0.717) is 11.6 Å². The van der Waals surface area contributed by atoms with E-state index in [2.05, 4.69) is 0 Å². The molecule has 0 fully saturated rings. The molecule has 0 unspecified atom stereocenters. The molecule has 2 aromatic carbocycles. The monoisotopic (exact) mass is 299 g/mol. The predicted octanol–water partition coefficient (Wildman–Crippen LogP) is 2.78. The van der Waals surface area contributed by atoms with Crippen LogP contribution in [0.1, 0.15) is 5.56 Å². The van der Waals surface area contributed by atoms with E-state index in [4.69, 9.17) is 0 Å². The maximum atomic E-state index is 13.0. The molecule has 0 atom stereocenters. The van der Waals surface area contributed by atoms with Crippen molar-refractivity contribution < 1.29 is 22.3 Å². The average Bonchev–Trinajstić information content (AvgIpc) is 2.30. The van der Waals surface area contributed by atoms with Crippen molar-refractivity contribution in [1.82, 2.24) is 0 Å². The zero-order valence-corrected chi connectivity index (χ0v) is 11.2. The largest absolute Gasteiger partial charge is 0.507 e. The van der Waals surface area contributed by atoms with Crippen LogP contribution in [0.4, 0.5) is 14.5 Å². The molecule has 106 valence electrons. The van der Waals surface area contributed by atoms with Crippen molar-refractivity contribution in [2.75, 3.05) is 4.72 Å². The van der Waals surface area contributed by atoms with Crippen molar-refractivity contribution in [3.63, 3.8) is 0 Å². The van der Waals surface area contributed by atoms with Crippen LogP contribution in [0.25, 0.3) is 0 Å². The van der Waals surface area contributed by atoms with Crippen molar-refractivity contribution in [2.24, 2.45) is 0 Å². The van der Waals surface area contributed by atoms with Gasteiger partial charge in [-0.3, -0.25) is 4.72 Å². The molecule has 0 bridgehead atoms. The lowest BCUT2D eigenvalue weighted by Gasteiger charge is -2.10. The standard InChI is InChI=1S/C13H11F2NO3S/c1-8-2-3-12(17)13(4-8)20(18,19)16-11-6-9(14)5-10(15)7-11/h2-7,16-17H,1H3. The minimum atomic E-state index is -4.13. The van der Waals surface area contributed by atoms with Crippen LogP contribution in [-0.2, 0) is 10.0 Å². The molecule has 0 saturated heterocycles. The lowest BCUT2D eigenvalue weighted by molar-refractivity contribution is 0.459. The van der Waals surface area contributed by atoms with Crippen LogP contribution in [0.2, 0.25) is 0 Å². The van der Waals surface area contributed by atoms with Crippen LogP contribution < -0.4 is 4.72 Å². The number of hydrogen-bond donors (Lipinski definition) is 2. The summed E-state index contributed by atoms with van der Waals surface area (Å²) in [4.78, 5) is -0.359. The molecule has 2 N–H and O–H groups in total. The van der Waals surface area contributed by atoms with Gasteiger partial charge in [0.05, 0.1) is 5.69 Å². The molecule has 0 aliphatic rings. The van der Waals surface area contributed by atoms with Crippen LogP contribution in [0.3, 0.4) is 0 Å². The van der Waals surface area contributed by atoms with Crippen molar-refractivity contribution in [3.8, 4) is 5.75 Å². The fraction of sp³-hybridized carbons (Fsp3) is 0.0769. The van der Waals surface area contributed by atoms with E-state index in [1.165, 1.54) is 18.2 Å². The SMILES string of the molecule is Cc1ccc(O)c(S(=O)(=O)Nc2cc(F)cc(F)c2)c1. The smallest absolute Gasteiger partial charge is 0.265 e. The first kappa shape index (κ1) is 14.3. The lowest BCUT2D eigenvalue weighted by atomic mass is 10.2. The number of aryl methyl sites for hydroxylation is 1. The number of aromatic hydroxyl groups is 1. The highest BCUT2D eigenvalue weighted by Crippen LogP contribution is 2.26. The third-order valence-electron chi connectivity index (χ3n) is 2.52. The van der Waals surface area contributed by atoms with Crippen LogP contribution in [0.5, 0.6) is 5.75 Å². The Morgan fingerprint density at radius 2 is 1.65 bits per heavy atom. The maximum absolute atomic E-state index is 13.0. The highest BCUT2D eigenvalue weighted by molar-refractivity contribution is 7.92. The molecule has 0 spiro atoms. The topological polar surface area (TPSA) is 66.4 Å². The number of sulfonamides is 1. The van der Waals surface area contributed by atoms with Crippen molar-refractivity contribution >= 4 is 15.7 Å². The van der Waals surface area contributed by atoms with Gasteiger partial charge < -0.3 is 5.11 Å². The molecule has 0 radical (unpaired) electrons. The maximum Gasteiger partial charge on any atom is 0.265 e. The second kappa shape index (κ2) is 5.09. The number of hydrogen-bond acceptors (Lipinski definition) is 3. The van der Waals surface area contributed by atoms with Crippen LogP contribution in [0, 0.1) is 18.6 Å². The molecule has 4 nitrogen and oxygen atoms in total. The van der Waals surface area contributed by atoms with E-state index in [-0.39, 0.29) is 10.6 Å². The molecule has 0 aliphatic carbocycles. The summed E-state index contributed by atoms with van der Waals surface area (Å²) in [5.41, 5.74) is 0.358. The zero-order chi connectivity index (χ0) is 14.9. The minimum Gasteiger partial charge on any atom is -0.507 e. The molecule has 0 saturated carbocycles. The first-order chi connectivity index (χ1) is 9.28. The third kappa shape index (κ3) is 3.05. The van der Waals surface area contributed by atoms with Crippen LogP contribution in [-0.4, -0.2) is 13.5 Å². The summed E-state index contributed by atoms with van der Waals surface area (Å²) in [5, 5.41) is 9.59. The zero-order valence-electron chi connectivity index (χ0n) is 10.4.